The fraction of sp³-hybridized carbons (Fsp3) is 0.211. The zero-order valence-electron chi connectivity index (χ0n) is 12.7. The van der Waals surface area contributed by atoms with Gasteiger partial charge in [-0.3, -0.25) is 0 Å². The van der Waals surface area contributed by atoms with Crippen LogP contribution < -0.4 is 4.74 Å². The number of carbonyl (C=O) groups is 1. The fourth-order valence-corrected chi connectivity index (χ4v) is 2.49. The Kier molecular flexibility index (Phi) is 3.96. The first kappa shape index (κ1) is 14.4. The molecule has 0 spiro atoms. The van der Waals surface area contributed by atoms with E-state index in [0.29, 0.717) is 11.3 Å². The lowest BCUT2D eigenvalue weighted by Gasteiger charge is -2.16. The van der Waals surface area contributed by atoms with Crippen molar-refractivity contribution in [2.75, 3.05) is 0 Å². The second-order valence-corrected chi connectivity index (χ2v) is 5.48. The summed E-state index contributed by atoms with van der Waals surface area (Å²) in [5.74, 6) is 0.181. The summed E-state index contributed by atoms with van der Waals surface area (Å²) in [4.78, 5) is 12.5. The molecule has 112 valence electrons. The van der Waals surface area contributed by atoms with Crippen LogP contribution in [0.3, 0.4) is 0 Å². The molecule has 1 aliphatic carbocycles. The minimum atomic E-state index is -0.373. The van der Waals surface area contributed by atoms with Gasteiger partial charge in [0.05, 0.1) is 6.10 Å². The Labute approximate surface area is 130 Å². The second-order valence-electron chi connectivity index (χ2n) is 5.48. The van der Waals surface area contributed by atoms with E-state index in [-0.39, 0.29) is 18.2 Å². The second kappa shape index (κ2) is 6.06. The first-order chi connectivity index (χ1) is 10.6. The number of ether oxygens (including phenoxy) is 2. The maximum absolute atomic E-state index is 12.5. The Bertz CT molecular complexity index is 716. The molecular formula is C19H18O3. The van der Waals surface area contributed by atoms with Crippen LogP contribution in [0.25, 0.3) is 6.08 Å². The Balaban J connectivity index is 1.80. The summed E-state index contributed by atoms with van der Waals surface area (Å²) in [5, 5.41) is 0. The van der Waals surface area contributed by atoms with Crippen molar-refractivity contribution in [3.63, 3.8) is 0 Å². The van der Waals surface area contributed by atoms with Crippen molar-refractivity contribution in [2.24, 2.45) is 0 Å². The highest BCUT2D eigenvalue weighted by atomic mass is 16.5. The van der Waals surface area contributed by atoms with E-state index >= 15 is 0 Å². The molecule has 0 saturated heterocycles. The first-order valence-corrected chi connectivity index (χ1v) is 7.39. The molecule has 0 aliphatic heterocycles. The highest BCUT2D eigenvalue weighted by Crippen LogP contribution is 2.32. The van der Waals surface area contributed by atoms with Crippen molar-refractivity contribution < 1.29 is 14.3 Å². The molecule has 2 aromatic rings. The van der Waals surface area contributed by atoms with Crippen LogP contribution >= 0.6 is 0 Å². The molecule has 3 rings (SSSR count). The Hall–Kier alpha value is -2.55. The number of carbonyl (C=O) groups excluding carboxylic acids is 1. The van der Waals surface area contributed by atoms with E-state index in [1.165, 1.54) is 0 Å². The van der Waals surface area contributed by atoms with Crippen LogP contribution in [0.2, 0.25) is 0 Å². The third-order valence-electron chi connectivity index (χ3n) is 3.46. The smallest absolute Gasteiger partial charge is 0.342 e. The summed E-state index contributed by atoms with van der Waals surface area (Å²) in [7, 11) is 0. The lowest BCUT2D eigenvalue weighted by molar-refractivity contribution is 0.0391. The monoisotopic (exact) mass is 294 g/mol. The first-order valence-electron chi connectivity index (χ1n) is 7.39. The van der Waals surface area contributed by atoms with Crippen LogP contribution in [0.1, 0.15) is 41.4 Å². The van der Waals surface area contributed by atoms with E-state index in [0.717, 1.165) is 11.1 Å². The largest absolute Gasteiger partial charge is 0.490 e. The number of fused-ring (bicyclic) bond motifs is 1. The number of hydrogen-bond acceptors (Lipinski definition) is 3. The summed E-state index contributed by atoms with van der Waals surface area (Å²) >= 11 is 0. The molecule has 0 radical (unpaired) electrons. The minimum Gasteiger partial charge on any atom is -0.490 e. The van der Waals surface area contributed by atoms with Gasteiger partial charge in [-0.1, -0.05) is 42.5 Å². The van der Waals surface area contributed by atoms with Crippen molar-refractivity contribution in [3.8, 4) is 5.75 Å². The Morgan fingerprint density at radius 2 is 1.77 bits per heavy atom. The highest BCUT2D eigenvalue weighted by molar-refractivity contribution is 5.93. The van der Waals surface area contributed by atoms with Crippen LogP contribution in [0.5, 0.6) is 5.75 Å². The topological polar surface area (TPSA) is 35.5 Å². The summed E-state index contributed by atoms with van der Waals surface area (Å²) in [5.41, 5.74) is 2.55. The van der Waals surface area contributed by atoms with Gasteiger partial charge in [0.2, 0.25) is 0 Å². The van der Waals surface area contributed by atoms with Gasteiger partial charge in [0.1, 0.15) is 17.4 Å². The number of hydrogen-bond donors (Lipinski definition) is 0. The van der Waals surface area contributed by atoms with Crippen molar-refractivity contribution in [1.29, 1.82) is 0 Å². The molecule has 2 aromatic carbocycles. The van der Waals surface area contributed by atoms with Gasteiger partial charge >= 0.3 is 5.97 Å². The van der Waals surface area contributed by atoms with Crippen LogP contribution in [-0.4, -0.2) is 12.1 Å². The standard InChI is InChI=1S/C19H18O3/c1-13(2)21-17-10-6-5-9-16(17)19(20)22-18-12-11-14-7-3-4-8-15(14)18/h3-13,18H,1-2H3. The average molecular weight is 294 g/mol. The van der Waals surface area contributed by atoms with Crippen molar-refractivity contribution >= 4 is 12.0 Å². The molecule has 0 bridgehead atoms. The van der Waals surface area contributed by atoms with Gasteiger partial charge in [-0.15, -0.1) is 0 Å². The van der Waals surface area contributed by atoms with Crippen molar-refractivity contribution in [1.82, 2.24) is 0 Å². The normalized spacial score (nSPS) is 15.7. The van der Waals surface area contributed by atoms with E-state index in [2.05, 4.69) is 0 Å². The molecule has 3 heteroatoms. The van der Waals surface area contributed by atoms with E-state index in [1.54, 1.807) is 12.1 Å². The fourth-order valence-electron chi connectivity index (χ4n) is 2.49. The molecule has 22 heavy (non-hydrogen) atoms. The third-order valence-corrected chi connectivity index (χ3v) is 3.46. The molecule has 1 aliphatic rings. The molecule has 0 fully saturated rings. The molecule has 3 nitrogen and oxygen atoms in total. The van der Waals surface area contributed by atoms with Gasteiger partial charge in [0.25, 0.3) is 0 Å². The molecule has 0 heterocycles. The summed E-state index contributed by atoms with van der Waals surface area (Å²) in [6.07, 6.45) is 3.54. The zero-order chi connectivity index (χ0) is 15.5. The van der Waals surface area contributed by atoms with Crippen LogP contribution in [0.4, 0.5) is 0 Å². The summed E-state index contributed by atoms with van der Waals surface area (Å²) in [6, 6.07) is 15.1. The summed E-state index contributed by atoms with van der Waals surface area (Å²) in [6.45, 7) is 3.86. The van der Waals surface area contributed by atoms with E-state index < -0.39 is 0 Å². The lowest BCUT2D eigenvalue weighted by atomic mass is 10.1. The zero-order valence-corrected chi connectivity index (χ0v) is 12.7. The maximum atomic E-state index is 12.5. The highest BCUT2D eigenvalue weighted by Gasteiger charge is 2.23. The minimum absolute atomic E-state index is 0.000974. The van der Waals surface area contributed by atoms with Gasteiger partial charge < -0.3 is 9.47 Å². The predicted octanol–water partition coefficient (Wildman–Crippen LogP) is 4.40. The molecule has 1 atom stereocenters. The molecule has 0 N–H and O–H groups in total. The molecule has 1 unspecified atom stereocenters. The van der Waals surface area contributed by atoms with Gasteiger partial charge in [-0.05, 0) is 37.6 Å². The number of para-hydroxylation sites is 1. The van der Waals surface area contributed by atoms with Crippen LogP contribution in [0.15, 0.2) is 54.6 Å². The molecule has 0 aromatic heterocycles. The van der Waals surface area contributed by atoms with Crippen LogP contribution in [0, 0.1) is 0 Å². The molecular weight excluding hydrogens is 276 g/mol. The molecule has 0 amide bonds. The van der Waals surface area contributed by atoms with Gasteiger partial charge in [0.15, 0.2) is 0 Å². The summed E-state index contributed by atoms with van der Waals surface area (Å²) < 4.78 is 11.3. The van der Waals surface area contributed by atoms with E-state index in [9.17, 15) is 4.79 Å². The van der Waals surface area contributed by atoms with Gasteiger partial charge in [-0.2, -0.15) is 0 Å². The third kappa shape index (κ3) is 2.89. The quantitative estimate of drug-likeness (QED) is 0.784. The van der Waals surface area contributed by atoms with Crippen molar-refractivity contribution in [3.05, 3.63) is 71.3 Å². The Morgan fingerprint density at radius 3 is 2.59 bits per heavy atom. The number of esters is 1. The average Bonchev–Trinajstić information content (AvgIpc) is 2.90. The SMILES string of the molecule is CC(C)Oc1ccccc1C(=O)OC1C=Cc2ccccc21. The number of benzene rings is 2. The number of rotatable bonds is 4. The van der Waals surface area contributed by atoms with E-state index in [1.807, 2.05) is 62.4 Å². The molecule has 0 saturated carbocycles. The van der Waals surface area contributed by atoms with Gasteiger partial charge in [-0.25, -0.2) is 4.79 Å². The lowest BCUT2D eigenvalue weighted by Crippen LogP contribution is -2.13. The predicted molar refractivity (Wildman–Crippen MR) is 85.8 cm³/mol. The maximum Gasteiger partial charge on any atom is 0.342 e. The van der Waals surface area contributed by atoms with Gasteiger partial charge in [0, 0.05) is 5.56 Å². The van der Waals surface area contributed by atoms with Crippen LogP contribution in [-0.2, 0) is 4.74 Å². The van der Waals surface area contributed by atoms with E-state index in [4.69, 9.17) is 9.47 Å². The van der Waals surface area contributed by atoms with Crippen molar-refractivity contribution in [2.45, 2.75) is 26.1 Å². The Morgan fingerprint density at radius 1 is 1.05 bits per heavy atom.